The first-order valence-electron chi connectivity index (χ1n) is 8.46. The molecule has 28 heavy (non-hydrogen) atoms. The second-order valence-corrected chi connectivity index (χ2v) is 7.93. The predicted molar refractivity (Wildman–Crippen MR) is 105 cm³/mol. The third-order valence-electron chi connectivity index (χ3n) is 3.76. The van der Waals surface area contributed by atoms with Crippen LogP contribution in [0.25, 0.3) is 0 Å². The van der Waals surface area contributed by atoms with Gasteiger partial charge in [0.15, 0.2) is 6.61 Å². The Kier molecular flexibility index (Phi) is 7.50. The topological polar surface area (TPSA) is 106 Å². The molecule has 0 radical (unpaired) electrons. The molecule has 2 aromatic rings. The van der Waals surface area contributed by atoms with Crippen molar-refractivity contribution in [3.63, 3.8) is 0 Å². The van der Waals surface area contributed by atoms with Crippen LogP contribution in [-0.2, 0) is 19.6 Å². The van der Waals surface area contributed by atoms with Crippen LogP contribution < -0.4 is 5.32 Å². The summed E-state index contributed by atoms with van der Waals surface area (Å²) in [5.41, 5.74) is 0.446. The number of rotatable bonds is 8. The maximum Gasteiger partial charge on any atom is 0.338 e. The molecule has 0 bridgehead atoms. The largest absolute Gasteiger partial charge is 0.452 e. The number of halogens is 1. The molecule has 8 nitrogen and oxygen atoms in total. The molecule has 0 aliphatic rings. The van der Waals surface area contributed by atoms with Crippen molar-refractivity contribution in [2.45, 2.75) is 18.7 Å². The minimum Gasteiger partial charge on any atom is -0.452 e. The van der Waals surface area contributed by atoms with E-state index < -0.39 is 28.5 Å². The zero-order valence-corrected chi connectivity index (χ0v) is 17.0. The van der Waals surface area contributed by atoms with E-state index in [1.165, 1.54) is 40.8 Å². The highest BCUT2D eigenvalue weighted by molar-refractivity contribution is 7.89. The van der Waals surface area contributed by atoms with E-state index in [0.717, 1.165) is 0 Å². The number of esters is 1. The van der Waals surface area contributed by atoms with Gasteiger partial charge in [0.1, 0.15) is 5.15 Å². The molecule has 1 aromatic carbocycles. The monoisotopic (exact) mass is 425 g/mol. The van der Waals surface area contributed by atoms with E-state index in [9.17, 15) is 18.0 Å². The van der Waals surface area contributed by atoms with E-state index in [4.69, 9.17) is 16.3 Å². The number of anilines is 1. The fourth-order valence-electron chi connectivity index (χ4n) is 2.39. The van der Waals surface area contributed by atoms with Crippen LogP contribution in [0.5, 0.6) is 0 Å². The predicted octanol–water partition coefficient (Wildman–Crippen LogP) is 2.56. The van der Waals surface area contributed by atoms with Crippen LogP contribution in [0, 0.1) is 0 Å². The van der Waals surface area contributed by atoms with Crippen molar-refractivity contribution in [2.24, 2.45) is 0 Å². The number of benzene rings is 1. The van der Waals surface area contributed by atoms with Gasteiger partial charge in [0.2, 0.25) is 10.0 Å². The van der Waals surface area contributed by atoms with Crippen LogP contribution in [0.1, 0.15) is 24.2 Å². The molecule has 10 heteroatoms. The Morgan fingerprint density at radius 3 is 2.54 bits per heavy atom. The standard InChI is InChI=1S/C18H20ClN3O5S/c1-3-22(4-2)28(25,26)15-7-5-6-14(11-15)21-17(23)12-27-18(24)13-8-9-20-16(19)10-13/h5-11H,3-4,12H2,1-2H3,(H,21,23). The maximum atomic E-state index is 12.6. The average Bonchev–Trinajstić information content (AvgIpc) is 2.67. The Bertz CT molecular complexity index is 961. The number of hydrogen-bond donors (Lipinski definition) is 1. The molecular formula is C18H20ClN3O5S. The first-order chi connectivity index (χ1) is 13.3. The molecule has 1 aromatic heterocycles. The molecule has 1 amide bonds. The molecule has 0 fully saturated rings. The lowest BCUT2D eigenvalue weighted by Crippen LogP contribution is -2.30. The summed E-state index contributed by atoms with van der Waals surface area (Å²) in [6, 6.07) is 8.62. The van der Waals surface area contributed by atoms with Crippen LogP contribution >= 0.6 is 11.6 Å². The lowest BCUT2D eigenvalue weighted by Gasteiger charge is -2.18. The van der Waals surface area contributed by atoms with E-state index >= 15 is 0 Å². The molecule has 2 rings (SSSR count). The molecule has 0 saturated carbocycles. The molecular weight excluding hydrogens is 406 g/mol. The number of nitrogens with one attached hydrogen (secondary N) is 1. The van der Waals surface area contributed by atoms with Crippen molar-refractivity contribution in [2.75, 3.05) is 25.0 Å². The third-order valence-corrected chi connectivity index (χ3v) is 6.01. The van der Waals surface area contributed by atoms with Crippen LogP contribution in [-0.4, -0.2) is 49.3 Å². The fourth-order valence-corrected chi connectivity index (χ4v) is 4.07. The highest BCUT2D eigenvalue weighted by Gasteiger charge is 2.22. The number of aromatic nitrogens is 1. The number of nitrogens with zero attached hydrogens (tertiary/aromatic N) is 2. The van der Waals surface area contributed by atoms with Crippen LogP contribution in [0.15, 0.2) is 47.5 Å². The number of pyridine rings is 1. The summed E-state index contributed by atoms with van der Waals surface area (Å²) in [5.74, 6) is -1.33. The zero-order chi connectivity index (χ0) is 20.7. The number of amides is 1. The van der Waals surface area contributed by atoms with Gasteiger partial charge in [-0.3, -0.25) is 4.79 Å². The lowest BCUT2D eigenvalue weighted by atomic mass is 10.3. The van der Waals surface area contributed by atoms with Crippen molar-refractivity contribution in [3.05, 3.63) is 53.3 Å². The number of carbonyl (C=O) groups is 2. The summed E-state index contributed by atoms with van der Waals surface area (Å²) >= 11 is 5.70. The van der Waals surface area contributed by atoms with Gasteiger partial charge in [-0.1, -0.05) is 31.5 Å². The quantitative estimate of drug-likeness (QED) is 0.514. The Balaban J connectivity index is 2.02. The first-order valence-corrected chi connectivity index (χ1v) is 10.3. The fraction of sp³-hybridized carbons (Fsp3) is 0.278. The van der Waals surface area contributed by atoms with Crippen molar-refractivity contribution in [1.82, 2.24) is 9.29 Å². The third kappa shape index (κ3) is 5.51. The number of ether oxygens (including phenoxy) is 1. The van der Waals surface area contributed by atoms with Gasteiger partial charge in [-0.2, -0.15) is 4.31 Å². The van der Waals surface area contributed by atoms with E-state index in [1.807, 2.05) is 0 Å². The maximum absolute atomic E-state index is 12.6. The van der Waals surface area contributed by atoms with Gasteiger partial charge in [0.25, 0.3) is 5.91 Å². The Labute approximate surface area is 168 Å². The Hall–Kier alpha value is -2.49. The SMILES string of the molecule is CCN(CC)S(=O)(=O)c1cccc(NC(=O)COC(=O)c2ccnc(Cl)c2)c1. The molecule has 0 spiro atoms. The molecule has 150 valence electrons. The van der Waals surface area contributed by atoms with Crippen molar-refractivity contribution < 1.29 is 22.7 Å². The molecule has 0 atom stereocenters. The highest BCUT2D eigenvalue weighted by atomic mass is 35.5. The summed E-state index contributed by atoms with van der Waals surface area (Å²) in [7, 11) is -3.65. The van der Waals surface area contributed by atoms with Gasteiger partial charge in [-0.15, -0.1) is 0 Å². The van der Waals surface area contributed by atoms with Gasteiger partial charge in [-0.25, -0.2) is 18.2 Å². The van der Waals surface area contributed by atoms with Gasteiger partial charge >= 0.3 is 5.97 Å². The van der Waals surface area contributed by atoms with Crippen molar-refractivity contribution in [3.8, 4) is 0 Å². The molecule has 0 aliphatic carbocycles. The summed E-state index contributed by atoms with van der Waals surface area (Å²) in [5, 5.41) is 2.64. The number of sulfonamides is 1. The van der Waals surface area contributed by atoms with Crippen LogP contribution in [0.2, 0.25) is 5.15 Å². The Morgan fingerprint density at radius 1 is 1.18 bits per heavy atom. The van der Waals surface area contributed by atoms with Gasteiger partial charge in [-0.05, 0) is 30.3 Å². The van der Waals surface area contributed by atoms with Crippen molar-refractivity contribution in [1.29, 1.82) is 0 Å². The van der Waals surface area contributed by atoms with E-state index in [2.05, 4.69) is 10.3 Å². The number of hydrogen-bond acceptors (Lipinski definition) is 6. The first kappa shape index (κ1) is 21.8. The molecule has 0 unspecified atom stereocenters. The smallest absolute Gasteiger partial charge is 0.338 e. The number of carbonyl (C=O) groups excluding carboxylic acids is 2. The zero-order valence-electron chi connectivity index (χ0n) is 15.4. The minimum absolute atomic E-state index is 0.0671. The van der Waals surface area contributed by atoms with Crippen LogP contribution in [0.4, 0.5) is 5.69 Å². The Morgan fingerprint density at radius 2 is 1.89 bits per heavy atom. The molecule has 0 saturated heterocycles. The van der Waals surface area contributed by atoms with Gasteiger partial charge in [0, 0.05) is 25.0 Å². The summed E-state index contributed by atoms with van der Waals surface area (Å²) in [6.45, 7) is 3.63. The summed E-state index contributed by atoms with van der Waals surface area (Å²) < 4.78 is 31.4. The normalized spacial score (nSPS) is 11.3. The van der Waals surface area contributed by atoms with Crippen molar-refractivity contribution >= 4 is 39.2 Å². The minimum atomic E-state index is -3.65. The van der Waals surface area contributed by atoms with Gasteiger partial charge < -0.3 is 10.1 Å². The highest BCUT2D eigenvalue weighted by Crippen LogP contribution is 2.19. The lowest BCUT2D eigenvalue weighted by molar-refractivity contribution is -0.119. The summed E-state index contributed by atoms with van der Waals surface area (Å²) in [6.07, 6.45) is 1.35. The second kappa shape index (κ2) is 9.63. The molecule has 1 N–H and O–H groups in total. The van der Waals surface area contributed by atoms with E-state index in [-0.39, 0.29) is 21.3 Å². The average molecular weight is 426 g/mol. The molecule has 0 aliphatic heterocycles. The van der Waals surface area contributed by atoms with E-state index in [1.54, 1.807) is 19.9 Å². The second-order valence-electron chi connectivity index (χ2n) is 5.61. The summed E-state index contributed by atoms with van der Waals surface area (Å²) in [4.78, 5) is 27.8. The van der Waals surface area contributed by atoms with E-state index in [0.29, 0.717) is 13.1 Å². The molecule has 1 heterocycles. The van der Waals surface area contributed by atoms with Gasteiger partial charge in [0.05, 0.1) is 10.5 Å². The van der Waals surface area contributed by atoms with Crippen LogP contribution in [0.3, 0.4) is 0 Å².